The van der Waals surface area contributed by atoms with Crippen molar-refractivity contribution in [2.45, 2.75) is 215 Å². The quantitative estimate of drug-likeness (QED) is 0.0126. The normalized spacial score (nSPS) is 9.04. The maximum absolute atomic E-state index is 11.7. The van der Waals surface area contributed by atoms with Crippen LogP contribution in [0.5, 0.6) is 0 Å². The molecule has 3 radical (unpaired) electrons. The van der Waals surface area contributed by atoms with Gasteiger partial charge >= 0.3 is 17.9 Å². The summed E-state index contributed by atoms with van der Waals surface area (Å²) in [5, 5.41) is 26.7. The monoisotopic (exact) mass is 1590 g/mol. The number of carboxylic acids is 1. The average molecular weight is 1600 g/mol. The molecule has 3 atom stereocenters. The van der Waals surface area contributed by atoms with Gasteiger partial charge in [-0.05, 0) is 160 Å². The minimum absolute atomic E-state index is 0. The number of nitrogens with one attached hydrogen (secondary N) is 4. The third-order valence-corrected chi connectivity index (χ3v) is 11.8. The molecule has 0 unspecified atom stereocenters. The zero-order chi connectivity index (χ0) is 86.0. The van der Waals surface area contributed by atoms with E-state index in [1.165, 1.54) is 20.6 Å². The summed E-state index contributed by atoms with van der Waals surface area (Å²) in [6, 6.07) is 43.1. The molecule has 0 spiro atoms. The number of methoxy groups -OCH3 is 6. The molecule has 25 nitrogen and oxygen atoms in total. The van der Waals surface area contributed by atoms with Crippen molar-refractivity contribution >= 4 is 55.9 Å². The third-order valence-electron chi connectivity index (χ3n) is 11.8. The fraction of sp³-hybridized carbons (Fsp3) is 0.558. The summed E-state index contributed by atoms with van der Waals surface area (Å²) in [6.07, 6.45) is 8.37. The number of hydrogen-bond acceptors (Lipinski definition) is 19. The summed E-state index contributed by atoms with van der Waals surface area (Å²) < 4.78 is 27.2. The number of amides is 5. The van der Waals surface area contributed by atoms with Gasteiger partial charge in [-0.15, -0.1) is 0 Å². The lowest BCUT2D eigenvalue weighted by Crippen LogP contribution is -2.39. The van der Waals surface area contributed by atoms with E-state index in [4.69, 9.17) is 38.9 Å². The van der Waals surface area contributed by atoms with Gasteiger partial charge in [0.2, 0.25) is 17.7 Å². The molecule has 0 bridgehead atoms. The molecule has 0 aliphatic rings. The maximum atomic E-state index is 11.7. The van der Waals surface area contributed by atoms with Crippen LogP contribution in [0.25, 0.3) is 0 Å². The minimum Gasteiger partial charge on any atom is -0.478 e. The molecular weight excluding hydrogens is 1430 g/mol. The van der Waals surface area contributed by atoms with E-state index in [1.54, 1.807) is 146 Å². The molecule has 16 N–H and O–H groups in total. The van der Waals surface area contributed by atoms with Gasteiger partial charge < -0.3 is 88.6 Å². The summed E-state index contributed by atoms with van der Waals surface area (Å²) in [5.41, 5.74) is 28.9. The highest BCUT2D eigenvalue weighted by Crippen LogP contribution is 2.05. The topological polar surface area (TPSA) is 411 Å². The molecule has 0 aliphatic carbocycles. The SMILES string of the molecule is C.C.C.CC.CC.CC.CC.CC.CCC.CCOC.CCOC.CCOC.CCOC.CN[C@@H](CCCCN)C(N)=O.CN[C@@H](CCCCNC(=O)c1ccccc1)C(N)=O.CO.COC(=O)c1ccccc1.COC(=O)c1ccccc1.NC(=O)[C@@H](N)CCCCNC(=O)c1ccccc1.O=C(O)c1ccccc1.[2HH].[B]. The van der Waals surface area contributed by atoms with Crippen LogP contribution >= 0.6 is 0 Å². The van der Waals surface area contributed by atoms with Crippen molar-refractivity contribution < 1.29 is 78.4 Å². The minimum atomic E-state index is -0.879. The van der Waals surface area contributed by atoms with Gasteiger partial charge in [0.05, 0.1) is 49.0 Å². The first kappa shape index (κ1) is 142. The molecule has 5 rings (SSSR count). The van der Waals surface area contributed by atoms with Gasteiger partial charge in [0.25, 0.3) is 11.8 Å². The van der Waals surface area contributed by atoms with Gasteiger partial charge in [0, 0.05) is 96.0 Å². The Bertz CT molecular complexity index is 2530. The Morgan fingerprint density at radius 2 is 0.598 bits per heavy atom. The largest absolute Gasteiger partial charge is 0.478 e. The van der Waals surface area contributed by atoms with Crippen LogP contribution in [-0.4, -0.2) is 194 Å². The zero-order valence-electron chi connectivity index (χ0n) is 71.8. The number of carbonyl (C=O) groups is 8. The Hall–Kier alpha value is -8.44. The Morgan fingerprint density at radius 3 is 0.777 bits per heavy atom. The summed E-state index contributed by atoms with van der Waals surface area (Å²) in [6.45, 7) is 37.2. The van der Waals surface area contributed by atoms with Crippen molar-refractivity contribution in [1.29, 1.82) is 0 Å². The molecule has 0 fully saturated rings. The number of carbonyl (C=O) groups excluding carboxylic acids is 7. The predicted octanol–water partition coefficient (Wildman–Crippen LogP) is 15.1. The highest BCUT2D eigenvalue weighted by Gasteiger charge is 2.13. The number of nitrogens with two attached hydrogens (primary N) is 5. The smallest absolute Gasteiger partial charge is 0.337 e. The van der Waals surface area contributed by atoms with Gasteiger partial charge in [-0.1, -0.05) is 209 Å². The second-order valence-electron chi connectivity index (χ2n) is 19.4. The van der Waals surface area contributed by atoms with Crippen LogP contribution in [0.2, 0.25) is 0 Å². The standard InChI is InChI=1S/C14H21N3O2.C13H19N3O2.2C8H8O2.C7H17N3O.C7H6O2.4C3H8O.C3H8.5C2H6.CH4O.3CH4.B.H2/c1-16-12(13(15)18)9-5-6-10-17-14(19)11-7-3-2-4-8-11;14-11(12(15)17)8-4-5-9-16-13(18)10-6-2-1-3-7-10;2*1-10-8(9)7-5-3-2-4-6-7;1-10-6(7(9)11)4-2-3-5-8;8-7(9)6-4-2-1-3-5-6;4*1-3-4-2;1-3-2;6*1-2;;;;;/h2-4,7-8,12,16H,5-6,9-10H2,1H3,(H2,15,18)(H,17,19);1-3,6-7,11H,4-5,8-9,14H2,(H2,15,17)(H,16,18);2*2-6H,1H3;6,10H,2-5,8H2,1H3,(H2,9,11);1-5H,(H,8,9);4*3H2,1-2H3;3H2,1-2H3;5*1-2H3;2H,1H3;3*1H4;;1H/t12-;11-;;;6-;;;;;;;;;;;;;;;;;/m00..0................./s1/i;;;;;;;;;;;;;;;;;;;;;1+1. The van der Waals surface area contributed by atoms with E-state index in [0.717, 1.165) is 78.5 Å². The zero-order valence-corrected chi connectivity index (χ0v) is 71.8. The molecule has 0 aromatic heterocycles. The summed E-state index contributed by atoms with van der Waals surface area (Å²) in [5.74, 6) is -2.73. The van der Waals surface area contributed by atoms with Crippen LogP contribution in [-0.2, 0) is 42.8 Å². The van der Waals surface area contributed by atoms with Crippen LogP contribution in [0.3, 0.4) is 0 Å². The molecular formula is C86H167BN9O16. The Morgan fingerprint density at radius 1 is 0.384 bits per heavy atom. The van der Waals surface area contributed by atoms with Crippen molar-refractivity contribution in [3.05, 3.63) is 179 Å². The average Bonchev–Trinajstić information content (AvgIpc) is 0.881. The first-order valence-electron chi connectivity index (χ1n) is 37.3. The van der Waals surface area contributed by atoms with Gasteiger partial charge in [0.1, 0.15) is 0 Å². The van der Waals surface area contributed by atoms with Crippen LogP contribution in [0.15, 0.2) is 152 Å². The number of unbranched alkanes of at least 4 members (excludes halogenated alkanes) is 3. The van der Waals surface area contributed by atoms with Crippen molar-refractivity contribution in [3.63, 3.8) is 0 Å². The Kier molecular flexibility index (Phi) is 160. The summed E-state index contributed by atoms with van der Waals surface area (Å²) in [7, 11) is 13.9. The van der Waals surface area contributed by atoms with Crippen LogP contribution in [0.1, 0.15) is 250 Å². The lowest BCUT2D eigenvalue weighted by molar-refractivity contribution is -0.120. The highest BCUT2D eigenvalue weighted by molar-refractivity contribution is 5.94. The number of aliphatic hydroxyl groups is 1. The van der Waals surface area contributed by atoms with Gasteiger partial charge in [-0.25, -0.2) is 14.4 Å². The Labute approximate surface area is 685 Å². The highest BCUT2D eigenvalue weighted by atomic mass is 16.5. The molecule has 0 saturated carbocycles. The molecule has 5 amide bonds. The number of primary amides is 3. The molecule has 5 aromatic carbocycles. The van der Waals surface area contributed by atoms with Crippen LogP contribution < -0.4 is 49.9 Å². The van der Waals surface area contributed by atoms with Crippen molar-refractivity contribution in [2.75, 3.05) is 110 Å². The van der Waals surface area contributed by atoms with Gasteiger partial charge in [-0.3, -0.25) is 24.0 Å². The molecule has 26 heteroatoms. The molecule has 0 heterocycles. The van der Waals surface area contributed by atoms with E-state index in [1.807, 2.05) is 145 Å². The second kappa shape index (κ2) is 126. The lowest BCUT2D eigenvalue weighted by Gasteiger charge is -2.11. The fourth-order valence-electron chi connectivity index (χ4n) is 6.21. The molecule has 0 saturated heterocycles. The van der Waals surface area contributed by atoms with E-state index in [2.05, 4.69) is 63.5 Å². The van der Waals surface area contributed by atoms with E-state index in [0.29, 0.717) is 60.3 Å². The van der Waals surface area contributed by atoms with Crippen molar-refractivity contribution in [1.82, 2.24) is 21.3 Å². The number of rotatable bonds is 28. The first-order valence-corrected chi connectivity index (χ1v) is 37.3. The van der Waals surface area contributed by atoms with Gasteiger partial charge in [-0.2, -0.15) is 0 Å². The summed E-state index contributed by atoms with van der Waals surface area (Å²) >= 11 is 0. The first-order chi connectivity index (χ1) is 52.0. The van der Waals surface area contributed by atoms with Crippen molar-refractivity contribution in [3.8, 4) is 0 Å². The number of carboxylic acid groups (broad SMARTS) is 1. The number of aromatic carboxylic acids is 1. The number of hydrogen-bond donors (Lipinski definition) is 11. The fourth-order valence-corrected chi connectivity index (χ4v) is 6.21. The molecule has 655 valence electrons. The molecule has 112 heavy (non-hydrogen) atoms. The predicted molar refractivity (Wildman–Crippen MR) is 477 cm³/mol. The van der Waals surface area contributed by atoms with Crippen LogP contribution in [0.4, 0.5) is 0 Å². The number of ether oxygens (including phenoxy) is 6. The second-order valence-corrected chi connectivity index (χ2v) is 19.4. The Balaban J connectivity index is -0.0000000610. The number of aliphatic hydroxyl groups excluding tert-OH is 1. The van der Waals surface area contributed by atoms with Crippen molar-refractivity contribution in [2.24, 2.45) is 28.7 Å². The maximum Gasteiger partial charge on any atom is 0.337 e. The summed E-state index contributed by atoms with van der Waals surface area (Å²) in [4.78, 5) is 87.4. The molecule has 0 aliphatic heterocycles. The van der Waals surface area contributed by atoms with Crippen LogP contribution in [0, 0.1) is 0 Å². The number of likely N-dealkylation sites (N-methyl/N-ethyl adjacent to an activating group) is 2. The van der Waals surface area contributed by atoms with E-state index < -0.39 is 17.9 Å². The molecule has 5 aromatic rings. The van der Waals surface area contributed by atoms with Gasteiger partial charge in [0.15, 0.2) is 0 Å². The van der Waals surface area contributed by atoms with E-state index >= 15 is 0 Å². The lowest BCUT2D eigenvalue weighted by atomic mass is 10.1. The van der Waals surface area contributed by atoms with E-state index in [-0.39, 0.29) is 79.8 Å². The number of esters is 2. The third kappa shape index (κ3) is 110. The van der Waals surface area contributed by atoms with E-state index in [9.17, 15) is 38.4 Å². The number of benzene rings is 5.